The van der Waals surface area contributed by atoms with Gasteiger partial charge in [-0.25, -0.2) is 4.98 Å². The summed E-state index contributed by atoms with van der Waals surface area (Å²) in [5, 5.41) is 3.90. The number of carbonyl (C=O) groups is 1. The lowest BCUT2D eigenvalue weighted by Gasteiger charge is -2.18. The fraction of sp³-hybridized carbons (Fsp3) is 0.526. The summed E-state index contributed by atoms with van der Waals surface area (Å²) >= 11 is 1.34. The number of ether oxygens (including phenoxy) is 1. The van der Waals surface area contributed by atoms with Gasteiger partial charge in [-0.15, -0.1) is 0 Å². The van der Waals surface area contributed by atoms with Crippen LogP contribution in [-0.4, -0.2) is 39.5 Å². The van der Waals surface area contributed by atoms with Crippen LogP contribution in [-0.2, 0) is 16.1 Å². The number of amides is 1. The van der Waals surface area contributed by atoms with E-state index in [1.807, 2.05) is 25.1 Å². The summed E-state index contributed by atoms with van der Waals surface area (Å²) < 4.78 is 7.40. The maximum atomic E-state index is 13.0. The Hall–Kier alpha value is -1.86. The first kappa shape index (κ1) is 17.5. The van der Waals surface area contributed by atoms with Crippen molar-refractivity contribution in [1.82, 2.24) is 14.9 Å². The minimum Gasteiger partial charge on any atom is -0.376 e. The number of carbonyl (C=O) groups excluding carboxylic acids is 1. The van der Waals surface area contributed by atoms with Crippen LogP contribution in [0.4, 0.5) is 0 Å². The molecular weight excluding hydrogens is 350 g/mol. The minimum absolute atomic E-state index is 0.00331. The van der Waals surface area contributed by atoms with Gasteiger partial charge in [-0.3, -0.25) is 14.2 Å². The van der Waals surface area contributed by atoms with E-state index in [1.165, 1.54) is 11.8 Å². The molecule has 1 N–H and O–H groups in total. The van der Waals surface area contributed by atoms with E-state index >= 15 is 0 Å². The molecule has 7 heteroatoms. The number of fused-ring (bicyclic) bond motifs is 1. The minimum atomic E-state index is -0.306. The van der Waals surface area contributed by atoms with E-state index in [4.69, 9.17) is 4.74 Å². The molecule has 26 heavy (non-hydrogen) atoms. The molecule has 2 atom stereocenters. The normalized spacial score (nSPS) is 21.0. The maximum Gasteiger partial charge on any atom is 0.262 e. The van der Waals surface area contributed by atoms with E-state index in [9.17, 15) is 9.59 Å². The maximum absolute atomic E-state index is 13.0. The zero-order chi connectivity index (χ0) is 18.1. The standard InChI is InChI=1S/C19H23N3O3S/c1-12(17(23)20-13-8-9-13)26-19-21-16-7-3-2-6-15(16)18(24)22(19)11-14-5-4-10-25-14/h2-3,6-7,12-14H,4-5,8-11H2,1H3,(H,20,23). The molecule has 1 amide bonds. The van der Waals surface area contributed by atoms with Gasteiger partial charge < -0.3 is 10.1 Å². The van der Waals surface area contributed by atoms with Crippen molar-refractivity contribution in [2.24, 2.45) is 0 Å². The number of hydrogen-bond donors (Lipinski definition) is 1. The molecule has 2 heterocycles. The molecule has 1 saturated carbocycles. The van der Waals surface area contributed by atoms with Gasteiger partial charge in [-0.05, 0) is 44.7 Å². The van der Waals surface area contributed by atoms with Crippen LogP contribution in [0.1, 0.15) is 32.6 Å². The number of aromatic nitrogens is 2. The summed E-state index contributed by atoms with van der Waals surface area (Å²) in [5.74, 6) is 0.00331. The monoisotopic (exact) mass is 373 g/mol. The second-order valence-corrected chi connectivity index (χ2v) is 8.31. The molecule has 1 aliphatic heterocycles. The molecule has 4 rings (SSSR count). The molecule has 6 nitrogen and oxygen atoms in total. The predicted molar refractivity (Wildman–Crippen MR) is 101 cm³/mol. The molecule has 0 spiro atoms. The number of rotatable bonds is 6. The van der Waals surface area contributed by atoms with Crippen molar-refractivity contribution >= 4 is 28.6 Å². The fourth-order valence-electron chi connectivity index (χ4n) is 3.15. The molecule has 138 valence electrons. The second-order valence-electron chi connectivity index (χ2n) is 7.01. The van der Waals surface area contributed by atoms with E-state index in [1.54, 1.807) is 10.6 Å². The highest BCUT2D eigenvalue weighted by Gasteiger charge is 2.27. The molecule has 2 aliphatic rings. The third-order valence-corrected chi connectivity index (χ3v) is 5.90. The van der Waals surface area contributed by atoms with Crippen molar-refractivity contribution in [2.45, 2.75) is 61.7 Å². The van der Waals surface area contributed by atoms with Crippen LogP contribution in [0.15, 0.2) is 34.2 Å². The lowest BCUT2D eigenvalue weighted by atomic mass is 10.2. The number of benzene rings is 1. The van der Waals surface area contributed by atoms with Crippen LogP contribution in [0.3, 0.4) is 0 Å². The number of para-hydroxylation sites is 1. The Bertz CT molecular complexity index is 872. The molecule has 0 bridgehead atoms. The first-order valence-corrected chi connectivity index (χ1v) is 10.1. The molecule has 1 saturated heterocycles. The third-order valence-electron chi connectivity index (χ3n) is 4.81. The zero-order valence-corrected chi connectivity index (χ0v) is 15.6. The Morgan fingerprint density at radius 1 is 1.38 bits per heavy atom. The van der Waals surface area contributed by atoms with Crippen LogP contribution < -0.4 is 10.9 Å². The number of nitrogens with one attached hydrogen (secondary N) is 1. The van der Waals surface area contributed by atoms with Crippen molar-refractivity contribution < 1.29 is 9.53 Å². The van der Waals surface area contributed by atoms with Gasteiger partial charge in [-0.1, -0.05) is 23.9 Å². The van der Waals surface area contributed by atoms with Crippen LogP contribution in [0.5, 0.6) is 0 Å². The second kappa shape index (κ2) is 7.40. The van der Waals surface area contributed by atoms with Crippen molar-refractivity contribution in [3.63, 3.8) is 0 Å². The molecule has 1 aromatic carbocycles. The predicted octanol–water partition coefficient (Wildman–Crippen LogP) is 2.33. The molecule has 1 aliphatic carbocycles. The molecule has 2 aromatic rings. The molecule has 2 unspecified atom stereocenters. The van der Waals surface area contributed by atoms with Crippen LogP contribution in [0.2, 0.25) is 0 Å². The Labute approximate surface area is 156 Å². The van der Waals surface area contributed by atoms with Crippen LogP contribution >= 0.6 is 11.8 Å². The largest absolute Gasteiger partial charge is 0.376 e. The molecule has 0 radical (unpaired) electrons. The van der Waals surface area contributed by atoms with E-state index in [0.717, 1.165) is 32.3 Å². The number of thioether (sulfide) groups is 1. The van der Waals surface area contributed by atoms with Gasteiger partial charge in [0.05, 0.1) is 28.8 Å². The van der Waals surface area contributed by atoms with Gasteiger partial charge in [-0.2, -0.15) is 0 Å². The lowest BCUT2D eigenvalue weighted by molar-refractivity contribution is -0.120. The highest BCUT2D eigenvalue weighted by Crippen LogP contribution is 2.26. The van der Waals surface area contributed by atoms with E-state index < -0.39 is 0 Å². The summed E-state index contributed by atoms with van der Waals surface area (Å²) in [6.45, 7) is 3.08. The SMILES string of the molecule is CC(Sc1nc2ccccc2c(=O)n1CC1CCCO1)C(=O)NC1CC1. The summed E-state index contributed by atoms with van der Waals surface area (Å²) in [6.07, 6.45) is 4.11. The average Bonchev–Trinajstić information content (AvgIpc) is 3.30. The Kier molecular flexibility index (Phi) is 5.00. The van der Waals surface area contributed by atoms with Gasteiger partial charge in [0.15, 0.2) is 5.16 Å². The van der Waals surface area contributed by atoms with Crippen molar-refractivity contribution in [3.8, 4) is 0 Å². The smallest absolute Gasteiger partial charge is 0.262 e. The average molecular weight is 373 g/mol. The first-order chi connectivity index (χ1) is 12.6. The number of nitrogens with zero attached hydrogens (tertiary/aromatic N) is 2. The van der Waals surface area contributed by atoms with Crippen LogP contribution in [0, 0.1) is 0 Å². The quantitative estimate of drug-likeness (QED) is 0.621. The highest BCUT2D eigenvalue weighted by molar-refractivity contribution is 8.00. The summed E-state index contributed by atoms with van der Waals surface area (Å²) in [5.41, 5.74) is 0.599. The molecule has 1 aromatic heterocycles. The van der Waals surface area contributed by atoms with Crippen molar-refractivity contribution in [2.75, 3.05) is 6.61 Å². The number of hydrogen-bond acceptors (Lipinski definition) is 5. The van der Waals surface area contributed by atoms with Gasteiger partial charge in [0.2, 0.25) is 5.91 Å². The zero-order valence-electron chi connectivity index (χ0n) is 14.8. The topological polar surface area (TPSA) is 73.2 Å². The Morgan fingerprint density at radius 2 is 2.19 bits per heavy atom. The summed E-state index contributed by atoms with van der Waals surface area (Å²) in [6, 6.07) is 7.68. The summed E-state index contributed by atoms with van der Waals surface area (Å²) in [4.78, 5) is 30.0. The van der Waals surface area contributed by atoms with Crippen molar-refractivity contribution in [3.05, 3.63) is 34.6 Å². The van der Waals surface area contributed by atoms with Gasteiger partial charge in [0.1, 0.15) is 0 Å². The van der Waals surface area contributed by atoms with E-state index in [-0.39, 0.29) is 22.8 Å². The Morgan fingerprint density at radius 3 is 2.92 bits per heavy atom. The lowest BCUT2D eigenvalue weighted by Crippen LogP contribution is -2.34. The first-order valence-electron chi connectivity index (χ1n) is 9.20. The fourth-order valence-corrected chi connectivity index (χ4v) is 4.08. The van der Waals surface area contributed by atoms with Crippen molar-refractivity contribution in [1.29, 1.82) is 0 Å². The molecule has 2 fully saturated rings. The van der Waals surface area contributed by atoms with E-state index in [0.29, 0.717) is 28.6 Å². The molecular formula is C19H23N3O3S. The van der Waals surface area contributed by atoms with Gasteiger partial charge in [0.25, 0.3) is 5.56 Å². The van der Waals surface area contributed by atoms with Gasteiger partial charge >= 0.3 is 0 Å². The van der Waals surface area contributed by atoms with E-state index in [2.05, 4.69) is 10.3 Å². The highest BCUT2D eigenvalue weighted by atomic mass is 32.2. The Balaban J connectivity index is 1.65. The van der Waals surface area contributed by atoms with Gasteiger partial charge in [0, 0.05) is 12.6 Å². The summed E-state index contributed by atoms with van der Waals surface area (Å²) in [7, 11) is 0. The third kappa shape index (κ3) is 3.78. The van der Waals surface area contributed by atoms with Crippen LogP contribution in [0.25, 0.3) is 10.9 Å².